The fraction of sp³-hybridized carbons (Fsp3) is 0.143. The van der Waals surface area contributed by atoms with Gasteiger partial charge < -0.3 is 10.6 Å². The predicted molar refractivity (Wildman–Crippen MR) is 138 cm³/mol. The smallest absolute Gasteiger partial charge is 0.0968 e. The van der Waals surface area contributed by atoms with Gasteiger partial charge in [-0.1, -0.05) is 48.5 Å². The van der Waals surface area contributed by atoms with Crippen LogP contribution in [0.5, 0.6) is 0 Å². The van der Waals surface area contributed by atoms with E-state index in [1.54, 1.807) is 0 Å². The van der Waals surface area contributed by atoms with Crippen LogP contribution in [-0.2, 0) is 13.1 Å². The zero-order chi connectivity index (χ0) is 22.7. The maximum atomic E-state index is 4.86. The highest BCUT2D eigenvalue weighted by Gasteiger charge is 2.06. The van der Waals surface area contributed by atoms with E-state index in [9.17, 15) is 0 Å². The molecule has 6 aromatic rings. The molecule has 0 radical (unpaired) electrons. The third-order valence-corrected chi connectivity index (χ3v) is 6.07. The first-order valence-corrected chi connectivity index (χ1v) is 11.5. The molecule has 34 heavy (non-hydrogen) atoms. The van der Waals surface area contributed by atoms with E-state index in [0.29, 0.717) is 13.1 Å². The van der Waals surface area contributed by atoms with Crippen LogP contribution in [0.2, 0.25) is 0 Å². The first kappa shape index (κ1) is 20.6. The summed E-state index contributed by atoms with van der Waals surface area (Å²) in [5, 5.41) is 11.4. The normalized spacial score (nSPS) is 11.6. The lowest BCUT2D eigenvalue weighted by atomic mass is 10.1. The van der Waals surface area contributed by atoms with Gasteiger partial charge in [0.05, 0.1) is 33.5 Å². The molecule has 0 aliphatic carbocycles. The molecule has 0 amide bonds. The second-order valence-corrected chi connectivity index (χ2v) is 8.38. The molecule has 0 bridgehead atoms. The first-order valence-electron chi connectivity index (χ1n) is 11.5. The van der Waals surface area contributed by atoms with Gasteiger partial charge in [0.2, 0.25) is 0 Å². The summed E-state index contributed by atoms with van der Waals surface area (Å²) in [6, 6.07) is 24.9. The van der Waals surface area contributed by atoms with Crippen LogP contribution in [0.25, 0.3) is 43.6 Å². The minimum atomic E-state index is 0.715. The maximum Gasteiger partial charge on any atom is 0.0968 e. The van der Waals surface area contributed by atoms with Crippen LogP contribution in [0.15, 0.2) is 85.2 Å². The number of nitrogens with one attached hydrogen (secondary N) is 2. The van der Waals surface area contributed by atoms with Crippen LogP contribution < -0.4 is 10.6 Å². The van der Waals surface area contributed by atoms with Gasteiger partial charge in [0.25, 0.3) is 0 Å². The number of pyridine rings is 4. The van der Waals surface area contributed by atoms with E-state index in [2.05, 4.69) is 81.3 Å². The van der Waals surface area contributed by atoms with Crippen molar-refractivity contribution < 1.29 is 0 Å². The van der Waals surface area contributed by atoms with Gasteiger partial charge in [0, 0.05) is 60.1 Å². The van der Waals surface area contributed by atoms with Crippen LogP contribution in [0.4, 0.5) is 0 Å². The van der Waals surface area contributed by atoms with E-state index < -0.39 is 0 Å². The number of nitrogens with zero attached hydrogens (tertiary/aromatic N) is 4. The van der Waals surface area contributed by atoms with E-state index in [4.69, 9.17) is 9.97 Å². The van der Waals surface area contributed by atoms with E-state index in [1.807, 2.05) is 24.5 Å². The molecule has 4 aromatic heterocycles. The van der Waals surface area contributed by atoms with Gasteiger partial charge in [-0.3, -0.25) is 9.97 Å². The van der Waals surface area contributed by atoms with Gasteiger partial charge in [0.1, 0.15) is 0 Å². The van der Waals surface area contributed by atoms with Crippen molar-refractivity contribution in [3.8, 4) is 0 Å². The first-order chi connectivity index (χ1) is 16.8. The average molecular weight is 445 g/mol. The largest absolute Gasteiger partial charge is 0.310 e. The lowest BCUT2D eigenvalue weighted by Gasteiger charge is -2.09. The maximum absolute atomic E-state index is 4.86. The summed E-state index contributed by atoms with van der Waals surface area (Å²) in [6.07, 6.45) is 3.65. The molecule has 0 fully saturated rings. The predicted octanol–water partition coefficient (Wildman–Crippen LogP) is 4.76. The molecule has 2 N–H and O–H groups in total. The zero-order valence-corrected chi connectivity index (χ0v) is 18.7. The SMILES string of the molecule is c1cnc2c(c1)ccc1ccc(CNCCNCc3ccc4ccc5cccnc5c4n3)nc12. The lowest BCUT2D eigenvalue weighted by molar-refractivity contribution is 0.603. The van der Waals surface area contributed by atoms with Gasteiger partial charge in [-0.2, -0.15) is 0 Å². The molecule has 2 aromatic carbocycles. The highest BCUT2D eigenvalue weighted by atomic mass is 15.0. The molecule has 0 atom stereocenters. The molecule has 0 aliphatic rings. The van der Waals surface area contributed by atoms with Crippen molar-refractivity contribution in [1.82, 2.24) is 30.6 Å². The molecular weight excluding hydrogens is 420 g/mol. The number of rotatable bonds is 7. The molecule has 0 aliphatic heterocycles. The third kappa shape index (κ3) is 4.05. The molecule has 6 heteroatoms. The van der Waals surface area contributed by atoms with Crippen LogP contribution in [0, 0.1) is 0 Å². The second kappa shape index (κ2) is 9.09. The quantitative estimate of drug-likeness (QED) is 0.273. The fourth-order valence-corrected chi connectivity index (χ4v) is 4.33. The molecular formula is C28H24N6. The third-order valence-electron chi connectivity index (χ3n) is 6.07. The van der Waals surface area contributed by atoms with Crippen LogP contribution >= 0.6 is 0 Å². The second-order valence-electron chi connectivity index (χ2n) is 8.38. The van der Waals surface area contributed by atoms with Crippen LogP contribution in [0.1, 0.15) is 11.4 Å². The van der Waals surface area contributed by atoms with E-state index >= 15 is 0 Å². The minimum absolute atomic E-state index is 0.715. The van der Waals surface area contributed by atoms with Gasteiger partial charge in [-0.15, -0.1) is 0 Å². The Morgan fingerprint density at radius 3 is 1.35 bits per heavy atom. The molecule has 0 saturated heterocycles. The standard InChI is InChI=1S/C28H24N6/c1-3-19-5-7-21-9-11-23(33-27(21)25(19)31-13-1)17-29-15-16-30-18-24-12-10-22-8-6-20-4-2-14-32-26(20)28(22)34-24/h1-14,29-30H,15-18H2. The Hall–Kier alpha value is -4.00. The van der Waals surface area contributed by atoms with Gasteiger partial charge in [-0.25, -0.2) is 9.97 Å². The summed E-state index contributed by atoms with van der Waals surface area (Å²) in [6.45, 7) is 3.11. The number of hydrogen-bond donors (Lipinski definition) is 2. The molecule has 0 unspecified atom stereocenters. The lowest BCUT2D eigenvalue weighted by Crippen LogP contribution is -2.27. The fourth-order valence-electron chi connectivity index (χ4n) is 4.33. The van der Waals surface area contributed by atoms with Crippen LogP contribution in [0.3, 0.4) is 0 Å². The Morgan fingerprint density at radius 1 is 0.471 bits per heavy atom. The molecule has 0 saturated carbocycles. The summed E-state index contributed by atoms with van der Waals surface area (Å²) < 4.78 is 0. The average Bonchev–Trinajstić information content (AvgIpc) is 2.90. The monoisotopic (exact) mass is 444 g/mol. The molecule has 6 rings (SSSR count). The minimum Gasteiger partial charge on any atom is -0.310 e. The summed E-state index contributed by atoms with van der Waals surface area (Å²) in [7, 11) is 0. The topological polar surface area (TPSA) is 75.6 Å². The highest BCUT2D eigenvalue weighted by Crippen LogP contribution is 2.23. The van der Waals surface area contributed by atoms with Crippen molar-refractivity contribution in [3.63, 3.8) is 0 Å². The number of fused-ring (bicyclic) bond motifs is 6. The summed E-state index contributed by atoms with van der Waals surface area (Å²) in [5.41, 5.74) is 5.85. The van der Waals surface area contributed by atoms with E-state index in [1.165, 1.54) is 0 Å². The molecule has 0 spiro atoms. The zero-order valence-electron chi connectivity index (χ0n) is 18.7. The molecule has 4 heterocycles. The Balaban J connectivity index is 1.06. The van der Waals surface area contributed by atoms with Crippen molar-refractivity contribution in [2.24, 2.45) is 0 Å². The van der Waals surface area contributed by atoms with Crippen LogP contribution in [-0.4, -0.2) is 33.0 Å². The number of aromatic nitrogens is 4. The Morgan fingerprint density at radius 2 is 0.882 bits per heavy atom. The van der Waals surface area contributed by atoms with E-state index in [0.717, 1.165) is 68.1 Å². The Bertz CT molecular complexity index is 1510. The summed E-state index contributed by atoms with van der Waals surface area (Å²) in [5.74, 6) is 0. The molecule has 6 nitrogen and oxygen atoms in total. The van der Waals surface area contributed by atoms with E-state index in [-0.39, 0.29) is 0 Å². The van der Waals surface area contributed by atoms with Gasteiger partial charge >= 0.3 is 0 Å². The van der Waals surface area contributed by atoms with Crippen molar-refractivity contribution in [1.29, 1.82) is 0 Å². The molecule has 166 valence electrons. The van der Waals surface area contributed by atoms with Crippen molar-refractivity contribution in [2.75, 3.05) is 13.1 Å². The van der Waals surface area contributed by atoms with Gasteiger partial charge in [-0.05, 0) is 24.3 Å². The number of hydrogen-bond acceptors (Lipinski definition) is 6. The van der Waals surface area contributed by atoms with Gasteiger partial charge in [0.15, 0.2) is 0 Å². The van der Waals surface area contributed by atoms with Crippen molar-refractivity contribution >= 4 is 43.6 Å². The Kier molecular flexibility index (Phi) is 5.51. The summed E-state index contributed by atoms with van der Waals surface area (Å²) in [4.78, 5) is 18.8. The van der Waals surface area contributed by atoms with Crippen molar-refractivity contribution in [3.05, 3.63) is 96.6 Å². The number of benzene rings is 2. The summed E-state index contributed by atoms with van der Waals surface area (Å²) >= 11 is 0. The Labute approximate surface area is 197 Å². The highest BCUT2D eigenvalue weighted by molar-refractivity contribution is 6.03. The van der Waals surface area contributed by atoms with Crippen molar-refractivity contribution in [2.45, 2.75) is 13.1 Å².